The van der Waals surface area contributed by atoms with Gasteiger partial charge in [0, 0.05) is 57.9 Å². The Morgan fingerprint density at radius 2 is 1.83 bits per heavy atom. The minimum Gasteiger partial charge on any atom is -0.370 e. The smallest absolute Gasteiger partial charge is 0.250 e. The van der Waals surface area contributed by atoms with Gasteiger partial charge in [0.1, 0.15) is 0 Å². The van der Waals surface area contributed by atoms with Gasteiger partial charge in [-0.3, -0.25) is 4.79 Å². The molecule has 0 aliphatic carbocycles. The van der Waals surface area contributed by atoms with Gasteiger partial charge in [-0.1, -0.05) is 19.0 Å². The van der Waals surface area contributed by atoms with Crippen molar-refractivity contribution >= 4 is 5.91 Å². The summed E-state index contributed by atoms with van der Waals surface area (Å²) in [6.07, 6.45) is 2.75. The summed E-state index contributed by atoms with van der Waals surface area (Å²) >= 11 is 0. The summed E-state index contributed by atoms with van der Waals surface area (Å²) in [5, 5.41) is 3.89. The number of hydrogen-bond acceptors (Lipinski definition) is 6. The van der Waals surface area contributed by atoms with Gasteiger partial charge in [0.05, 0.1) is 18.1 Å². The molecule has 1 atom stereocenters. The van der Waals surface area contributed by atoms with Crippen molar-refractivity contribution in [2.75, 3.05) is 32.7 Å². The Hall–Kier alpha value is -1.61. The third kappa shape index (κ3) is 4.77. The van der Waals surface area contributed by atoms with Crippen molar-refractivity contribution in [3.05, 3.63) is 11.7 Å². The van der Waals surface area contributed by atoms with Gasteiger partial charge in [-0.15, -0.1) is 0 Å². The molecular weight excluding hydrogens is 382 g/mol. The van der Waals surface area contributed by atoms with Crippen LogP contribution in [0.2, 0.25) is 0 Å². The van der Waals surface area contributed by atoms with E-state index in [2.05, 4.69) is 15.0 Å². The maximum absolute atomic E-state index is 13.3. The van der Waals surface area contributed by atoms with Gasteiger partial charge in [-0.2, -0.15) is 4.98 Å². The number of likely N-dealkylation sites (tertiary alicyclic amines) is 2. The molecule has 3 aliphatic heterocycles. The maximum atomic E-state index is 13.3. The quantitative estimate of drug-likeness (QED) is 0.740. The van der Waals surface area contributed by atoms with E-state index in [1.807, 2.05) is 18.7 Å². The van der Waals surface area contributed by atoms with Crippen molar-refractivity contribution in [3.63, 3.8) is 0 Å². The topological polar surface area (TPSA) is 71.7 Å². The lowest BCUT2D eigenvalue weighted by molar-refractivity contribution is -0.231. The van der Waals surface area contributed by atoms with Gasteiger partial charge in [-0.25, -0.2) is 8.78 Å². The minimum absolute atomic E-state index is 0.0149. The number of hydrogen-bond donors (Lipinski definition) is 0. The Bertz CT molecular complexity index is 713. The molecule has 4 rings (SSSR count). The molecule has 1 aromatic heterocycles. The number of carbonyl (C=O) groups is 1. The fourth-order valence-electron chi connectivity index (χ4n) is 4.52. The Morgan fingerprint density at radius 1 is 1.17 bits per heavy atom. The molecule has 0 aromatic carbocycles. The molecule has 1 aromatic rings. The van der Waals surface area contributed by atoms with Crippen molar-refractivity contribution in [1.29, 1.82) is 0 Å². The third-order valence-electron chi connectivity index (χ3n) is 6.38. The Kier molecular flexibility index (Phi) is 5.63. The van der Waals surface area contributed by atoms with Gasteiger partial charge < -0.3 is 19.1 Å². The van der Waals surface area contributed by atoms with E-state index >= 15 is 0 Å². The normalized spacial score (nSPS) is 26.7. The zero-order chi connectivity index (χ0) is 20.6. The lowest BCUT2D eigenvalue weighted by Crippen LogP contribution is -2.60. The van der Waals surface area contributed by atoms with Crippen LogP contribution in [0.15, 0.2) is 4.52 Å². The fraction of sp³-hybridized carbons (Fsp3) is 0.850. The van der Waals surface area contributed by atoms with E-state index in [1.54, 1.807) is 0 Å². The molecule has 1 unspecified atom stereocenters. The van der Waals surface area contributed by atoms with Crippen molar-refractivity contribution in [1.82, 2.24) is 19.9 Å². The summed E-state index contributed by atoms with van der Waals surface area (Å²) in [7, 11) is 0. The second kappa shape index (κ2) is 7.91. The van der Waals surface area contributed by atoms with Crippen LogP contribution in [-0.4, -0.2) is 76.2 Å². The minimum atomic E-state index is -2.50. The summed E-state index contributed by atoms with van der Waals surface area (Å²) in [5.41, 5.74) is -0.141. The van der Waals surface area contributed by atoms with E-state index in [4.69, 9.17) is 9.26 Å². The summed E-state index contributed by atoms with van der Waals surface area (Å²) < 4.78 is 37.9. The van der Waals surface area contributed by atoms with Crippen molar-refractivity contribution < 1.29 is 22.8 Å². The number of aromatic nitrogens is 2. The number of carbonyl (C=O) groups excluding carboxylic acids is 1. The largest absolute Gasteiger partial charge is 0.370 e. The van der Waals surface area contributed by atoms with E-state index in [0.29, 0.717) is 37.9 Å². The average Bonchev–Trinajstić information content (AvgIpc) is 3.11. The molecule has 1 spiro atoms. The maximum Gasteiger partial charge on any atom is 0.250 e. The van der Waals surface area contributed by atoms with Gasteiger partial charge in [0.2, 0.25) is 11.8 Å². The summed E-state index contributed by atoms with van der Waals surface area (Å²) in [6.45, 7) is 6.88. The summed E-state index contributed by atoms with van der Waals surface area (Å²) in [5.74, 6) is -1.36. The molecule has 7 nitrogen and oxygen atoms in total. The van der Waals surface area contributed by atoms with Crippen LogP contribution in [0.5, 0.6) is 0 Å². The number of alkyl halides is 2. The number of nitrogens with zero attached hydrogens (tertiary/aromatic N) is 4. The Labute approximate surface area is 169 Å². The Balaban J connectivity index is 1.18. The van der Waals surface area contributed by atoms with Crippen LogP contribution < -0.4 is 0 Å². The highest BCUT2D eigenvalue weighted by molar-refractivity contribution is 5.78. The zero-order valence-electron chi connectivity index (χ0n) is 17.2. The zero-order valence-corrected chi connectivity index (χ0v) is 17.2. The van der Waals surface area contributed by atoms with Crippen LogP contribution in [0.25, 0.3) is 0 Å². The van der Waals surface area contributed by atoms with Crippen molar-refractivity contribution in [3.8, 4) is 0 Å². The highest BCUT2D eigenvalue weighted by atomic mass is 19.3. The van der Waals surface area contributed by atoms with Crippen LogP contribution in [-0.2, 0) is 16.0 Å². The monoisotopic (exact) mass is 412 g/mol. The summed E-state index contributed by atoms with van der Waals surface area (Å²) in [4.78, 5) is 20.7. The predicted octanol–water partition coefficient (Wildman–Crippen LogP) is 2.62. The molecular formula is C20H30F2N4O3. The first-order valence-corrected chi connectivity index (χ1v) is 10.6. The molecule has 1 amide bonds. The number of ether oxygens (including phenoxy) is 1. The molecule has 29 heavy (non-hydrogen) atoms. The molecule has 162 valence electrons. The highest BCUT2D eigenvalue weighted by Crippen LogP contribution is 2.42. The highest BCUT2D eigenvalue weighted by Gasteiger charge is 2.48. The van der Waals surface area contributed by atoms with Crippen LogP contribution in [0, 0.1) is 0 Å². The van der Waals surface area contributed by atoms with Crippen LogP contribution >= 0.6 is 0 Å². The van der Waals surface area contributed by atoms with E-state index in [0.717, 1.165) is 25.8 Å². The number of piperidine rings is 2. The molecule has 3 fully saturated rings. The summed E-state index contributed by atoms with van der Waals surface area (Å²) in [6, 6.07) is 0. The third-order valence-corrected chi connectivity index (χ3v) is 6.38. The molecule has 0 saturated carbocycles. The van der Waals surface area contributed by atoms with E-state index in [1.165, 1.54) is 0 Å². The number of rotatable bonds is 5. The fourth-order valence-corrected chi connectivity index (χ4v) is 4.52. The van der Waals surface area contributed by atoms with Crippen molar-refractivity contribution in [2.45, 2.75) is 75.9 Å². The van der Waals surface area contributed by atoms with Gasteiger partial charge in [-0.05, 0) is 12.8 Å². The molecule has 9 heteroatoms. The molecule has 3 aliphatic rings. The van der Waals surface area contributed by atoms with Crippen LogP contribution in [0.3, 0.4) is 0 Å². The lowest BCUT2D eigenvalue weighted by atomic mass is 9.80. The number of halogens is 2. The molecule has 4 heterocycles. The van der Waals surface area contributed by atoms with E-state index < -0.39 is 5.92 Å². The van der Waals surface area contributed by atoms with Crippen molar-refractivity contribution in [2.24, 2.45) is 0 Å². The molecule has 3 saturated heterocycles. The van der Waals surface area contributed by atoms with E-state index in [9.17, 15) is 13.6 Å². The average molecular weight is 412 g/mol. The first-order valence-electron chi connectivity index (χ1n) is 10.6. The van der Waals surface area contributed by atoms with Gasteiger partial charge in [0.25, 0.3) is 5.92 Å². The standard InChI is InChI=1S/C20H30F2N4O3/c1-14(2)18-23-16(24-29-18)11-17(27)26-9-3-19(4-10-26)12-15(28-19)13-25-7-5-20(21,22)6-8-25/h14-15H,3-13H2,1-2H3. The second-order valence-corrected chi connectivity index (χ2v) is 9.04. The van der Waals surface area contributed by atoms with E-state index in [-0.39, 0.29) is 42.8 Å². The molecule has 0 N–H and O–H groups in total. The van der Waals surface area contributed by atoms with Gasteiger partial charge in [0.15, 0.2) is 5.82 Å². The molecule has 0 bridgehead atoms. The number of amides is 1. The first-order chi connectivity index (χ1) is 13.7. The second-order valence-electron chi connectivity index (χ2n) is 9.04. The van der Waals surface area contributed by atoms with Crippen LogP contribution in [0.4, 0.5) is 8.78 Å². The first kappa shape index (κ1) is 20.7. The lowest BCUT2D eigenvalue weighted by Gasteiger charge is -2.53. The molecule has 0 radical (unpaired) electrons. The van der Waals surface area contributed by atoms with Crippen LogP contribution in [0.1, 0.15) is 63.6 Å². The SMILES string of the molecule is CC(C)c1nc(CC(=O)N2CCC3(CC2)CC(CN2CCC(F)(F)CC2)O3)no1. The Morgan fingerprint density at radius 3 is 2.41 bits per heavy atom. The predicted molar refractivity (Wildman–Crippen MR) is 101 cm³/mol. The van der Waals surface area contributed by atoms with Gasteiger partial charge >= 0.3 is 0 Å².